The number of hydrogen-bond donors (Lipinski definition) is 2. The van der Waals surface area contributed by atoms with Crippen LogP contribution in [0.25, 0.3) is 0 Å². The van der Waals surface area contributed by atoms with Gasteiger partial charge in [0.2, 0.25) is 15.9 Å². The Labute approximate surface area is 153 Å². The fraction of sp³-hybridized carbons (Fsp3) is 0.278. The lowest BCUT2D eigenvalue weighted by Crippen LogP contribution is -2.30. The first-order chi connectivity index (χ1) is 12.2. The van der Waals surface area contributed by atoms with Gasteiger partial charge in [0.1, 0.15) is 5.75 Å². The topological polar surface area (TPSA) is 102 Å². The number of nitrogens with one attached hydrogen (secondary N) is 1. The van der Waals surface area contributed by atoms with Crippen molar-refractivity contribution in [2.45, 2.75) is 18.4 Å². The van der Waals surface area contributed by atoms with Gasteiger partial charge in [0, 0.05) is 17.8 Å². The zero-order valence-electron chi connectivity index (χ0n) is 15.0. The van der Waals surface area contributed by atoms with Crippen molar-refractivity contribution in [1.82, 2.24) is 4.90 Å². The molecule has 0 aliphatic rings. The summed E-state index contributed by atoms with van der Waals surface area (Å²) in [7, 11) is -0.380. The largest absolute Gasteiger partial charge is 0.496 e. The third kappa shape index (κ3) is 5.55. The third-order valence-corrected chi connectivity index (χ3v) is 4.65. The Hall–Kier alpha value is -2.42. The lowest BCUT2D eigenvalue weighted by molar-refractivity contribution is -0.117. The van der Waals surface area contributed by atoms with Crippen LogP contribution in [-0.2, 0) is 21.4 Å². The maximum atomic E-state index is 12.2. The fourth-order valence-electron chi connectivity index (χ4n) is 2.57. The van der Waals surface area contributed by atoms with E-state index in [9.17, 15) is 13.2 Å². The molecule has 140 valence electrons. The molecule has 0 spiro atoms. The molecule has 2 rings (SSSR count). The molecule has 0 bridgehead atoms. The lowest BCUT2D eigenvalue weighted by Gasteiger charge is -2.18. The highest BCUT2D eigenvalue weighted by molar-refractivity contribution is 7.89. The van der Waals surface area contributed by atoms with E-state index < -0.39 is 10.0 Å². The molecule has 3 N–H and O–H groups in total. The molecule has 0 fully saturated rings. The Morgan fingerprint density at radius 1 is 1.23 bits per heavy atom. The van der Waals surface area contributed by atoms with Gasteiger partial charge >= 0.3 is 0 Å². The van der Waals surface area contributed by atoms with Crippen LogP contribution in [0.4, 0.5) is 5.69 Å². The summed E-state index contributed by atoms with van der Waals surface area (Å²) in [5.74, 6) is 0.509. The van der Waals surface area contributed by atoms with Gasteiger partial charge in [-0.15, -0.1) is 0 Å². The second-order valence-electron chi connectivity index (χ2n) is 6.11. The molecule has 0 saturated heterocycles. The van der Waals surface area contributed by atoms with Gasteiger partial charge in [0.05, 0.1) is 18.6 Å². The van der Waals surface area contributed by atoms with Crippen LogP contribution in [-0.4, -0.2) is 39.9 Å². The van der Waals surface area contributed by atoms with Gasteiger partial charge in [-0.2, -0.15) is 0 Å². The number of amides is 1. The zero-order valence-corrected chi connectivity index (χ0v) is 15.8. The van der Waals surface area contributed by atoms with Gasteiger partial charge < -0.3 is 10.1 Å². The number of ether oxygens (including phenoxy) is 1. The standard InChI is InChI=1S/C18H23N3O4S/c1-13-7-8-17(25-3)14(9-13)11-21(2)12-18(22)20-15-5-4-6-16(10-15)26(19,23)24/h4-10H,11-12H2,1-3H3,(H,20,22)(H2,19,23,24). The molecule has 26 heavy (non-hydrogen) atoms. The highest BCUT2D eigenvalue weighted by atomic mass is 32.2. The van der Waals surface area contributed by atoms with E-state index in [1.54, 1.807) is 13.2 Å². The fourth-order valence-corrected chi connectivity index (χ4v) is 3.13. The number of anilines is 1. The molecular weight excluding hydrogens is 354 g/mol. The van der Waals surface area contributed by atoms with Crippen LogP contribution < -0.4 is 15.2 Å². The second kappa shape index (κ2) is 8.31. The number of likely N-dealkylation sites (N-methyl/N-ethyl adjacent to an activating group) is 1. The molecule has 2 aromatic rings. The molecule has 0 aromatic heterocycles. The van der Waals surface area contributed by atoms with E-state index in [4.69, 9.17) is 9.88 Å². The third-order valence-electron chi connectivity index (χ3n) is 3.74. The number of nitrogens with zero attached hydrogens (tertiary/aromatic N) is 1. The smallest absolute Gasteiger partial charge is 0.238 e. The predicted molar refractivity (Wildman–Crippen MR) is 101 cm³/mol. The van der Waals surface area contributed by atoms with Gasteiger partial charge in [-0.25, -0.2) is 13.6 Å². The summed E-state index contributed by atoms with van der Waals surface area (Å²) in [6.07, 6.45) is 0. The minimum absolute atomic E-state index is 0.0480. The number of carbonyl (C=O) groups excluding carboxylic acids is 1. The number of hydrogen-bond acceptors (Lipinski definition) is 5. The summed E-state index contributed by atoms with van der Waals surface area (Å²) in [4.78, 5) is 14.0. The Morgan fingerprint density at radius 2 is 1.96 bits per heavy atom. The molecule has 2 aromatic carbocycles. The molecule has 1 amide bonds. The number of primary sulfonamides is 1. The van der Waals surface area contributed by atoms with E-state index >= 15 is 0 Å². The minimum Gasteiger partial charge on any atom is -0.496 e. The number of methoxy groups -OCH3 is 1. The Kier molecular flexibility index (Phi) is 6.36. The molecule has 0 heterocycles. The van der Waals surface area contributed by atoms with Gasteiger partial charge in [-0.3, -0.25) is 9.69 Å². The predicted octanol–water partition coefficient (Wildman–Crippen LogP) is 1.72. The molecule has 7 nitrogen and oxygen atoms in total. The van der Waals surface area contributed by atoms with Gasteiger partial charge in [0.15, 0.2) is 0 Å². The first-order valence-electron chi connectivity index (χ1n) is 7.94. The number of sulfonamides is 1. The summed E-state index contributed by atoms with van der Waals surface area (Å²) < 4.78 is 28.1. The van der Waals surface area contributed by atoms with Crippen LogP contribution in [0.1, 0.15) is 11.1 Å². The first kappa shape index (κ1) is 19.9. The molecule has 0 aliphatic heterocycles. The summed E-state index contributed by atoms with van der Waals surface area (Å²) >= 11 is 0. The molecule has 0 unspecified atom stereocenters. The summed E-state index contributed by atoms with van der Waals surface area (Å²) in [5, 5.41) is 7.78. The number of rotatable bonds is 7. The van der Waals surface area contributed by atoms with Crippen molar-refractivity contribution >= 4 is 21.6 Å². The zero-order chi connectivity index (χ0) is 19.3. The first-order valence-corrected chi connectivity index (χ1v) is 9.48. The minimum atomic E-state index is -3.81. The van der Waals surface area contributed by atoms with Crippen LogP contribution in [0, 0.1) is 6.92 Å². The van der Waals surface area contributed by atoms with Crippen molar-refractivity contribution in [3.05, 3.63) is 53.6 Å². The number of benzene rings is 2. The van der Waals surface area contributed by atoms with Crippen LogP contribution in [0.15, 0.2) is 47.4 Å². The quantitative estimate of drug-likeness (QED) is 0.765. The van der Waals surface area contributed by atoms with E-state index in [0.717, 1.165) is 16.9 Å². The second-order valence-corrected chi connectivity index (χ2v) is 7.67. The molecule has 0 atom stereocenters. The van der Waals surface area contributed by atoms with Crippen molar-refractivity contribution in [2.24, 2.45) is 5.14 Å². The van der Waals surface area contributed by atoms with E-state index in [0.29, 0.717) is 12.2 Å². The van der Waals surface area contributed by atoms with Crippen molar-refractivity contribution < 1.29 is 17.9 Å². The molecule has 0 aliphatic carbocycles. The van der Waals surface area contributed by atoms with Crippen molar-refractivity contribution in [1.29, 1.82) is 0 Å². The van der Waals surface area contributed by atoms with E-state index in [-0.39, 0.29) is 17.3 Å². The highest BCUT2D eigenvalue weighted by Gasteiger charge is 2.12. The Balaban J connectivity index is 2.01. The highest BCUT2D eigenvalue weighted by Crippen LogP contribution is 2.21. The van der Waals surface area contributed by atoms with E-state index in [1.165, 1.54) is 18.2 Å². The van der Waals surface area contributed by atoms with Crippen LogP contribution in [0.5, 0.6) is 5.75 Å². The number of nitrogens with two attached hydrogens (primary N) is 1. The summed E-state index contributed by atoms with van der Waals surface area (Å²) in [6, 6.07) is 11.7. The molecule has 0 saturated carbocycles. The monoisotopic (exact) mass is 377 g/mol. The molecule has 8 heteroatoms. The normalized spacial score (nSPS) is 11.4. The number of aryl methyl sites for hydroxylation is 1. The average molecular weight is 377 g/mol. The number of carbonyl (C=O) groups is 1. The van der Waals surface area contributed by atoms with E-state index in [2.05, 4.69) is 5.32 Å². The summed E-state index contributed by atoms with van der Waals surface area (Å²) in [6.45, 7) is 2.67. The van der Waals surface area contributed by atoms with Gasteiger partial charge in [0.25, 0.3) is 0 Å². The van der Waals surface area contributed by atoms with Gasteiger partial charge in [-0.05, 0) is 38.2 Å². The summed E-state index contributed by atoms with van der Waals surface area (Å²) in [5.41, 5.74) is 2.47. The lowest BCUT2D eigenvalue weighted by atomic mass is 10.1. The van der Waals surface area contributed by atoms with Crippen LogP contribution in [0.3, 0.4) is 0 Å². The SMILES string of the molecule is COc1ccc(C)cc1CN(C)CC(=O)Nc1cccc(S(N)(=O)=O)c1. The van der Waals surface area contributed by atoms with Gasteiger partial charge in [-0.1, -0.05) is 23.8 Å². The Morgan fingerprint density at radius 3 is 2.62 bits per heavy atom. The molecule has 0 radical (unpaired) electrons. The molecular formula is C18H23N3O4S. The Bertz CT molecular complexity index is 897. The van der Waals surface area contributed by atoms with Crippen LogP contribution >= 0.6 is 0 Å². The van der Waals surface area contributed by atoms with Crippen molar-refractivity contribution in [3.8, 4) is 5.75 Å². The van der Waals surface area contributed by atoms with E-state index in [1.807, 2.05) is 37.1 Å². The van der Waals surface area contributed by atoms with Crippen molar-refractivity contribution in [3.63, 3.8) is 0 Å². The van der Waals surface area contributed by atoms with Crippen LogP contribution in [0.2, 0.25) is 0 Å². The maximum Gasteiger partial charge on any atom is 0.238 e. The van der Waals surface area contributed by atoms with Crippen molar-refractivity contribution in [2.75, 3.05) is 26.0 Å². The average Bonchev–Trinajstić information content (AvgIpc) is 2.54. The maximum absolute atomic E-state index is 12.2.